The summed E-state index contributed by atoms with van der Waals surface area (Å²) in [5, 5.41) is 7.80. The van der Waals surface area contributed by atoms with Gasteiger partial charge in [0.1, 0.15) is 5.69 Å². The number of morpholine rings is 1. The third-order valence-corrected chi connectivity index (χ3v) is 2.86. The number of rotatable bonds is 2. The van der Waals surface area contributed by atoms with Crippen molar-refractivity contribution in [3.63, 3.8) is 0 Å². The Morgan fingerprint density at radius 2 is 2.10 bits per heavy atom. The molecule has 0 aromatic carbocycles. The third kappa shape index (κ3) is 3.60. The van der Waals surface area contributed by atoms with E-state index in [0.29, 0.717) is 26.3 Å². The van der Waals surface area contributed by atoms with Crippen molar-refractivity contribution < 1.29 is 13.5 Å². The average Bonchev–Trinajstić information content (AvgIpc) is 2.47. The Morgan fingerprint density at radius 3 is 2.71 bits per heavy atom. The minimum Gasteiger partial charge on any atom is -0.378 e. The number of guanidine groups is 1. The van der Waals surface area contributed by atoms with Crippen LogP contribution in [0.1, 0.15) is 17.7 Å². The van der Waals surface area contributed by atoms with Gasteiger partial charge in [0.2, 0.25) is 5.95 Å². The molecule has 1 saturated heterocycles. The second-order valence-corrected chi connectivity index (χ2v) is 4.25. The molecule has 2 heterocycles. The van der Waals surface area contributed by atoms with E-state index < -0.39 is 18.0 Å². The fourth-order valence-corrected chi connectivity index (χ4v) is 1.80. The maximum Gasteiger partial charge on any atom is 0.281 e. The second kappa shape index (κ2) is 6.39. The van der Waals surface area contributed by atoms with Crippen molar-refractivity contribution >= 4 is 17.7 Å². The number of amidine groups is 1. The van der Waals surface area contributed by atoms with Gasteiger partial charge in [-0.2, -0.15) is 4.99 Å². The molecule has 0 aliphatic carbocycles. The summed E-state index contributed by atoms with van der Waals surface area (Å²) >= 11 is 0. The molecular formula is C11H15F2N7O. The normalized spacial score (nSPS) is 16.3. The first-order chi connectivity index (χ1) is 9.99. The van der Waals surface area contributed by atoms with Gasteiger partial charge in [-0.05, 0) is 0 Å². The minimum atomic E-state index is -2.88. The molecule has 0 atom stereocenters. The monoisotopic (exact) mass is 299 g/mol. The lowest BCUT2D eigenvalue weighted by Gasteiger charge is -2.27. The molecule has 0 amide bonds. The molecule has 2 rings (SSSR count). The zero-order valence-corrected chi connectivity index (χ0v) is 11.1. The van der Waals surface area contributed by atoms with Crippen molar-refractivity contribution in [1.29, 1.82) is 5.41 Å². The van der Waals surface area contributed by atoms with E-state index in [0.717, 1.165) is 6.20 Å². The van der Waals surface area contributed by atoms with E-state index in [9.17, 15) is 8.78 Å². The van der Waals surface area contributed by atoms with Gasteiger partial charge in [0.05, 0.1) is 18.8 Å². The van der Waals surface area contributed by atoms with Crippen molar-refractivity contribution in [3.05, 3.63) is 17.5 Å². The van der Waals surface area contributed by atoms with Crippen LogP contribution in [-0.2, 0) is 4.74 Å². The zero-order chi connectivity index (χ0) is 15.4. The lowest BCUT2D eigenvalue weighted by molar-refractivity contribution is 0.0676. The highest BCUT2D eigenvalue weighted by atomic mass is 19.3. The van der Waals surface area contributed by atoms with E-state index in [4.69, 9.17) is 21.6 Å². The van der Waals surface area contributed by atoms with Crippen molar-refractivity contribution in [2.75, 3.05) is 32.0 Å². The van der Waals surface area contributed by atoms with Crippen LogP contribution < -0.4 is 11.5 Å². The van der Waals surface area contributed by atoms with Gasteiger partial charge in [-0.1, -0.05) is 0 Å². The molecule has 8 nitrogen and oxygen atoms in total. The van der Waals surface area contributed by atoms with Gasteiger partial charge in [-0.3, -0.25) is 5.41 Å². The fraction of sp³-hybridized carbons (Fsp3) is 0.455. The van der Waals surface area contributed by atoms with Crippen LogP contribution in [0, 0.1) is 5.41 Å². The number of hydrogen-bond donors (Lipinski definition) is 3. The first kappa shape index (κ1) is 15.0. The topological polar surface area (TPSA) is 126 Å². The van der Waals surface area contributed by atoms with E-state index in [-0.39, 0.29) is 17.5 Å². The molecule has 1 aliphatic heterocycles. The molecule has 0 unspecified atom stereocenters. The molecule has 0 radical (unpaired) electrons. The number of nitrogens with zero attached hydrogens (tertiary/aromatic N) is 4. The minimum absolute atomic E-state index is 0.0698. The summed E-state index contributed by atoms with van der Waals surface area (Å²) in [6.45, 7) is 2.05. The number of nitrogen functional groups attached to an aromatic ring is 1. The Morgan fingerprint density at radius 1 is 1.43 bits per heavy atom. The molecule has 21 heavy (non-hydrogen) atoms. The highest BCUT2D eigenvalue weighted by Crippen LogP contribution is 2.21. The average molecular weight is 299 g/mol. The molecule has 0 saturated carbocycles. The SMILES string of the molecule is N=C(/N=C(\N)N1CCOCC1)c1cnc(N)nc1C(F)F. The van der Waals surface area contributed by atoms with Crippen LogP contribution in [0.4, 0.5) is 14.7 Å². The molecule has 0 bridgehead atoms. The van der Waals surface area contributed by atoms with Crippen LogP contribution in [0.15, 0.2) is 11.2 Å². The summed E-state index contributed by atoms with van der Waals surface area (Å²) in [4.78, 5) is 12.6. The Bertz CT molecular complexity index is 558. The number of anilines is 1. The molecule has 1 fully saturated rings. The number of nitrogens with two attached hydrogens (primary N) is 2. The van der Waals surface area contributed by atoms with Crippen LogP contribution in [0.25, 0.3) is 0 Å². The Labute approximate surface area is 119 Å². The maximum atomic E-state index is 12.9. The number of halogens is 2. The molecular weight excluding hydrogens is 284 g/mol. The van der Waals surface area contributed by atoms with Gasteiger partial charge in [0.15, 0.2) is 11.8 Å². The van der Waals surface area contributed by atoms with Crippen LogP contribution >= 0.6 is 0 Å². The van der Waals surface area contributed by atoms with Crippen molar-refractivity contribution in [1.82, 2.24) is 14.9 Å². The number of aromatic nitrogens is 2. The van der Waals surface area contributed by atoms with Crippen molar-refractivity contribution in [2.24, 2.45) is 10.7 Å². The van der Waals surface area contributed by atoms with Crippen LogP contribution in [0.2, 0.25) is 0 Å². The van der Waals surface area contributed by atoms with Crippen molar-refractivity contribution in [3.8, 4) is 0 Å². The molecule has 114 valence electrons. The molecule has 1 aromatic rings. The zero-order valence-electron chi connectivity index (χ0n) is 11.1. The summed E-state index contributed by atoms with van der Waals surface area (Å²) in [7, 11) is 0. The third-order valence-electron chi connectivity index (χ3n) is 2.86. The Kier molecular flexibility index (Phi) is 4.58. The largest absolute Gasteiger partial charge is 0.378 e. The first-order valence-electron chi connectivity index (χ1n) is 6.15. The van der Waals surface area contributed by atoms with E-state index in [1.807, 2.05) is 0 Å². The summed E-state index contributed by atoms with van der Waals surface area (Å²) < 4.78 is 31.0. The van der Waals surface area contributed by atoms with Crippen LogP contribution in [0.3, 0.4) is 0 Å². The Balaban J connectivity index is 2.23. The van der Waals surface area contributed by atoms with Gasteiger partial charge in [-0.25, -0.2) is 18.7 Å². The lowest BCUT2D eigenvalue weighted by Crippen LogP contribution is -2.45. The number of alkyl halides is 2. The fourth-order valence-electron chi connectivity index (χ4n) is 1.80. The van der Waals surface area contributed by atoms with E-state index in [1.165, 1.54) is 0 Å². The standard InChI is InChI=1S/C11H15F2N7O/c12-8(13)7-6(5-17-10(15)18-7)9(14)19-11(16)20-1-3-21-4-2-20/h5,8H,1-4H2,(H3,14,16,19)(H2,15,17,18). The molecule has 0 spiro atoms. The highest BCUT2D eigenvalue weighted by Gasteiger charge is 2.20. The quantitative estimate of drug-likeness (QED) is 0.520. The number of ether oxygens (including phenoxy) is 1. The summed E-state index contributed by atoms with van der Waals surface area (Å²) in [5.41, 5.74) is 10.2. The highest BCUT2D eigenvalue weighted by molar-refractivity contribution is 6.04. The lowest BCUT2D eigenvalue weighted by atomic mass is 10.2. The van der Waals surface area contributed by atoms with Gasteiger partial charge < -0.3 is 21.1 Å². The summed E-state index contributed by atoms with van der Waals surface area (Å²) in [5.74, 6) is -0.651. The van der Waals surface area contributed by atoms with Crippen LogP contribution in [0.5, 0.6) is 0 Å². The molecule has 10 heteroatoms. The van der Waals surface area contributed by atoms with Gasteiger partial charge in [0, 0.05) is 19.3 Å². The Hall–Kier alpha value is -2.36. The summed E-state index contributed by atoms with van der Waals surface area (Å²) in [6, 6.07) is 0. The predicted octanol–water partition coefficient (Wildman–Crippen LogP) is -0.0313. The first-order valence-corrected chi connectivity index (χ1v) is 6.15. The summed E-state index contributed by atoms with van der Waals surface area (Å²) in [6.07, 6.45) is -1.84. The predicted molar refractivity (Wildman–Crippen MR) is 72.2 cm³/mol. The number of aliphatic imine (C=N–C) groups is 1. The van der Waals surface area contributed by atoms with Gasteiger partial charge in [-0.15, -0.1) is 0 Å². The smallest absolute Gasteiger partial charge is 0.281 e. The van der Waals surface area contributed by atoms with Gasteiger partial charge in [0.25, 0.3) is 6.43 Å². The number of hydrogen-bond acceptors (Lipinski definition) is 5. The molecule has 1 aliphatic rings. The van der Waals surface area contributed by atoms with E-state index in [2.05, 4.69) is 15.0 Å². The molecule has 1 aromatic heterocycles. The maximum absolute atomic E-state index is 12.9. The van der Waals surface area contributed by atoms with Crippen LogP contribution in [-0.4, -0.2) is 53.0 Å². The number of nitrogens with one attached hydrogen (secondary N) is 1. The molecule has 5 N–H and O–H groups in total. The van der Waals surface area contributed by atoms with E-state index >= 15 is 0 Å². The van der Waals surface area contributed by atoms with E-state index in [1.54, 1.807) is 4.90 Å². The van der Waals surface area contributed by atoms with Crippen molar-refractivity contribution in [2.45, 2.75) is 6.43 Å². The second-order valence-electron chi connectivity index (χ2n) is 4.25. The van der Waals surface area contributed by atoms with Gasteiger partial charge >= 0.3 is 0 Å².